The summed E-state index contributed by atoms with van der Waals surface area (Å²) in [6, 6.07) is 2.00. The van der Waals surface area contributed by atoms with Crippen LogP contribution in [0.1, 0.15) is 12.5 Å². The molecule has 0 aliphatic heterocycles. The third-order valence-corrected chi connectivity index (χ3v) is 4.82. The molecule has 1 rings (SSSR count). The number of aliphatic carboxylic acids is 1. The normalized spacial score (nSPS) is 12.7. The molecule has 2 N–H and O–H groups in total. The number of carbonyl (C=O) groups excluding carboxylic acids is 1. The zero-order valence-corrected chi connectivity index (χ0v) is 13.4. The Balaban J connectivity index is 2.90. The van der Waals surface area contributed by atoms with E-state index in [1.807, 2.05) is 0 Å². The van der Waals surface area contributed by atoms with Gasteiger partial charge in [0, 0.05) is 11.4 Å². The molecule has 0 unspecified atom stereocenters. The highest BCUT2D eigenvalue weighted by Gasteiger charge is 2.26. The first-order valence-electron chi connectivity index (χ1n) is 5.75. The lowest BCUT2D eigenvalue weighted by Gasteiger charge is -2.14. The number of nitrogens with one attached hydrogen (secondary N) is 1. The summed E-state index contributed by atoms with van der Waals surface area (Å²) in [6.45, 7) is 1.10. The number of rotatable bonds is 6. The molecule has 0 saturated carbocycles. The van der Waals surface area contributed by atoms with Crippen LogP contribution >= 0.6 is 15.9 Å². The van der Waals surface area contributed by atoms with Gasteiger partial charge in [0.15, 0.2) is 9.84 Å². The molecule has 0 radical (unpaired) electrons. The zero-order valence-electron chi connectivity index (χ0n) is 11.0. The Morgan fingerprint density at radius 3 is 2.52 bits per heavy atom. The minimum atomic E-state index is -3.81. The molecule has 0 bridgehead atoms. The summed E-state index contributed by atoms with van der Waals surface area (Å²) < 4.78 is 37.2. The van der Waals surface area contributed by atoms with E-state index in [9.17, 15) is 22.4 Å². The second kappa shape index (κ2) is 6.99. The van der Waals surface area contributed by atoms with Gasteiger partial charge in [0.1, 0.15) is 11.9 Å². The summed E-state index contributed by atoms with van der Waals surface area (Å²) in [7, 11) is -3.81. The summed E-state index contributed by atoms with van der Waals surface area (Å²) in [4.78, 5) is 21.8. The van der Waals surface area contributed by atoms with Gasteiger partial charge in [-0.15, -0.1) is 0 Å². The molecule has 1 aromatic rings. The summed E-state index contributed by atoms with van der Waals surface area (Å²) in [5.41, 5.74) is 0.309. The van der Waals surface area contributed by atoms with Crippen LogP contribution in [0.15, 0.2) is 22.7 Å². The van der Waals surface area contributed by atoms with E-state index in [4.69, 9.17) is 5.11 Å². The van der Waals surface area contributed by atoms with E-state index in [-0.39, 0.29) is 4.47 Å². The molecule has 6 nitrogen and oxygen atoms in total. The van der Waals surface area contributed by atoms with Crippen LogP contribution in [0.25, 0.3) is 0 Å². The van der Waals surface area contributed by atoms with Crippen molar-refractivity contribution in [3.05, 3.63) is 34.1 Å². The maximum absolute atomic E-state index is 12.9. The Bertz CT molecular complexity index is 662. The highest BCUT2D eigenvalue weighted by Crippen LogP contribution is 2.20. The van der Waals surface area contributed by atoms with Gasteiger partial charge < -0.3 is 10.4 Å². The molecule has 0 heterocycles. The number of halogens is 2. The minimum Gasteiger partial charge on any atom is -0.480 e. The first kappa shape index (κ1) is 17.6. The van der Waals surface area contributed by atoms with Gasteiger partial charge in [-0.05, 0) is 17.7 Å². The first-order valence-corrected chi connectivity index (χ1v) is 8.36. The summed E-state index contributed by atoms with van der Waals surface area (Å²) in [6.07, 6.45) is 0. The first-order chi connectivity index (χ1) is 9.60. The number of amides is 1. The van der Waals surface area contributed by atoms with E-state index in [1.165, 1.54) is 6.07 Å². The fourth-order valence-electron chi connectivity index (χ4n) is 1.61. The van der Waals surface area contributed by atoms with Crippen molar-refractivity contribution in [1.82, 2.24) is 5.32 Å². The zero-order chi connectivity index (χ0) is 16.2. The summed E-state index contributed by atoms with van der Waals surface area (Å²) in [5.74, 6) is -3.81. The van der Waals surface area contributed by atoms with Crippen LogP contribution < -0.4 is 5.32 Å². The number of sulfone groups is 1. The van der Waals surface area contributed by atoms with Crippen LogP contribution in [0.4, 0.5) is 4.39 Å². The second-order valence-corrected chi connectivity index (χ2v) is 7.35. The molecule has 0 aromatic heterocycles. The molecule has 1 amide bonds. The van der Waals surface area contributed by atoms with Gasteiger partial charge in [-0.2, -0.15) is 0 Å². The van der Waals surface area contributed by atoms with E-state index < -0.39 is 45.1 Å². The maximum Gasteiger partial charge on any atom is 0.327 e. The van der Waals surface area contributed by atoms with Gasteiger partial charge in [-0.3, -0.25) is 4.79 Å². The van der Waals surface area contributed by atoms with E-state index in [0.29, 0.717) is 5.56 Å². The van der Waals surface area contributed by atoms with E-state index in [1.54, 1.807) is 0 Å². The van der Waals surface area contributed by atoms with Crippen molar-refractivity contribution in [2.24, 2.45) is 0 Å². The topological polar surface area (TPSA) is 101 Å². The molecule has 1 atom stereocenters. The van der Waals surface area contributed by atoms with Crippen LogP contribution in [0, 0.1) is 5.82 Å². The van der Waals surface area contributed by atoms with E-state index >= 15 is 0 Å². The maximum atomic E-state index is 12.9. The molecule has 1 aromatic carbocycles. The third-order valence-electron chi connectivity index (χ3n) is 2.49. The minimum absolute atomic E-state index is 0.275. The Kier molecular flexibility index (Phi) is 5.85. The average molecular weight is 382 g/mol. The Morgan fingerprint density at radius 1 is 1.43 bits per heavy atom. The van der Waals surface area contributed by atoms with Gasteiger partial charge in [0.05, 0.1) is 11.5 Å². The number of carboxylic acids is 1. The van der Waals surface area contributed by atoms with Crippen molar-refractivity contribution in [2.75, 3.05) is 5.75 Å². The number of hydrogen-bond donors (Lipinski definition) is 2. The van der Waals surface area contributed by atoms with Crippen molar-refractivity contribution < 1.29 is 27.5 Å². The predicted molar refractivity (Wildman–Crippen MR) is 76.8 cm³/mol. The van der Waals surface area contributed by atoms with E-state index in [0.717, 1.165) is 19.1 Å². The molecule has 21 heavy (non-hydrogen) atoms. The van der Waals surface area contributed by atoms with Crippen LogP contribution in [0.5, 0.6) is 0 Å². The smallest absolute Gasteiger partial charge is 0.327 e. The van der Waals surface area contributed by atoms with Crippen molar-refractivity contribution in [1.29, 1.82) is 0 Å². The predicted octanol–water partition coefficient (Wildman–Crippen LogP) is 1.09. The Morgan fingerprint density at radius 2 is 2.05 bits per heavy atom. The average Bonchev–Trinajstić information content (AvgIpc) is 2.31. The van der Waals surface area contributed by atoms with E-state index in [2.05, 4.69) is 21.2 Å². The lowest BCUT2D eigenvalue weighted by Crippen LogP contribution is -2.44. The van der Waals surface area contributed by atoms with Gasteiger partial charge in [-0.1, -0.05) is 22.0 Å². The van der Waals surface area contributed by atoms with Gasteiger partial charge in [0.25, 0.3) is 0 Å². The SMILES string of the molecule is CC(=O)N[C@@H](CS(=O)(=O)Cc1ccc(F)cc1Br)C(=O)O. The Hall–Kier alpha value is -1.48. The third kappa shape index (κ3) is 5.80. The van der Waals surface area contributed by atoms with Crippen LogP contribution in [-0.2, 0) is 25.2 Å². The summed E-state index contributed by atoms with van der Waals surface area (Å²) >= 11 is 3.04. The van der Waals surface area contributed by atoms with Crippen LogP contribution in [0.3, 0.4) is 0 Å². The quantitative estimate of drug-likeness (QED) is 0.767. The van der Waals surface area contributed by atoms with Crippen LogP contribution in [0.2, 0.25) is 0 Å². The molecule has 0 saturated heterocycles. The molecular formula is C12H13BrFNO5S. The van der Waals surface area contributed by atoms with Gasteiger partial charge in [0.2, 0.25) is 5.91 Å². The molecule has 0 aliphatic rings. The largest absolute Gasteiger partial charge is 0.480 e. The van der Waals surface area contributed by atoms with Gasteiger partial charge >= 0.3 is 5.97 Å². The molecule has 0 aliphatic carbocycles. The number of carbonyl (C=O) groups is 2. The highest BCUT2D eigenvalue weighted by molar-refractivity contribution is 9.10. The fourth-order valence-corrected chi connectivity index (χ4v) is 3.86. The van der Waals surface area contributed by atoms with Crippen molar-refractivity contribution in [3.8, 4) is 0 Å². The van der Waals surface area contributed by atoms with Gasteiger partial charge in [-0.25, -0.2) is 17.6 Å². The number of hydrogen-bond acceptors (Lipinski definition) is 4. The van der Waals surface area contributed by atoms with Crippen molar-refractivity contribution >= 4 is 37.6 Å². The standard InChI is InChI=1S/C12H13BrFNO5S/c1-7(16)15-11(12(17)18)6-21(19,20)5-8-2-3-9(14)4-10(8)13/h2-4,11H,5-6H2,1H3,(H,15,16)(H,17,18)/t11-/m0/s1. The fraction of sp³-hybridized carbons (Fsp3) is 0.333. The molecule has 116 valence electrons. The Labute approximate surface area is 129 Å². The molecule has 9 heteroatoms. The lowest BCUT2D eigenvalue weighted by atomic mass is 10.2. The van der Waals surface area contributed by atoms with Crippen molar-refractivity contribution in [2.45, 2.75) is 18.7 Å². The number of carboxylic acid groups (broad SMARTS) is 1. The summed E-state index contributed by atoms with van der Waals surface area (Å²) in [5, 5.41) is 11.0. The lowest BCUT2D eigenvalue weighted by molar-refractivity contribution is -0.140. The van der Waals surface area contributed by atoms with Crippen molar-refractivity contribution in [3.63, 3.8) is 0 Å². The second-order valence-electron chi connectivity index (χ2n) is 4.38. The number of benzene rings is 1. The highest BCUT2D eigenvalue weighted by atomic mass is 79.9. The molecular weight excluding hydrogens is 369 g/mol. The monoisotopic (exact) mass is 381 g/mol. The molecule has 0 spiro atoms. The van der Waals surface area contributed by atoms with Crippen LogP contribution in [-0.4, -0.2) is 37.2 Å². The molecule has 0 fully saturated rings.